The lowest BCUT2D eigenvalue weighted by Gasteiger charge is -2.41. The summed E-state index contributed by atoms with van der Waals surface area (Å²) < 4.78 is 25.0. The van der Waals surface area contributed by atoms with E-state index >= 15 is 0 Å². The van der Waals surface area contributed by atoms with Crippen molar-refractivity contribution in [1.82, 2.24) is 0 Å². The van der Waals surface area contributed by atoms with Crippen LogP contribution in [0.15, 0.2) is 91.0 Å². The highest BCUT2D eigenvalue weighted by atomic mass is 16.6. The van der Waals surface area contributed by atoms with Crippen molar-refractivity contribution >= 4 is 0 Å². The van der Waals surface area contributed by atoms with Crippen LogP contribution in [-0.2, 0) is 38.8 Å². The molecule has 1 aliphatic rings. The molecule has 1 saturated heterocycles. The first-order chi connectivity index (χ1) is 15.3. The Hall–Kier alpha value is -2.50. The van der Waals surface area contributed by atoms with Gasteiger partial charge in [-0.05, 0) is 23.6 Å². The minimum atomic E-state index is -0.226. The maximum atomic E-state index is 6.41. The van der Waals surface area contributed by atoms with Gasteiger partial charge in [0.15, 0.2) is 0 Å². The first-order valence-corrected chi connectivity index (χ1v) is 10.9. The van der Waals surface area contributed by atoms with Crippen LogP contribution in [0.2, 0.25) is 0 Å². The van der Waals surface area contributed by atoms with Crippen LogP contribution in [0.1, 0.15) is 23.6 Å². The highest BCUT2D eigenvalue weighted by Gasteiger charge is 2.41. The van der Waals surface area contributed by atoms with Crippen molar-refractivity contribution in [3.63, 3.8) is 0 Å². The first-order valence-electron chi connectivity index (χ1n) is 10.9. The fraction of sp³-hybridized carbons (Fsp3) is 0.333. The Labute approximate surface area is 184 Å². The Balaban J connectivity index is 1.46. The second-order valence-corrected chi connectivity index (χ2v) is 7.90. The Morgan fingerprint density at radius 2 is 1.03 bits per heavy atom. The summed E-state index contributed by atoms with van der Waals surface area (Å²) in [6.07, 6.45) is -0.739. The van der Waals surface area contributed by atoms with Gasteiger partial charge in [0.2, 0.25) is 0 Å². The lowest BCUT2D eigenvalue weighted by Crippen LogP contribution is -2.55. The summed E-state index contributed by atoms with van der Waals surface area (Å²) in [6, 6.07) is 30.6. The molecule has 0 radical (unpaired) electrons. The lowest BCUT2D eigenvalue weighted by atomic mass is 10.00. The van der Waals surface area contributed by atoms with E-state index in [1.807, 2.05) is 61.5 Å². The molecule has 0 bridgehead atoms. The second kappa shape index (κ2) is 11.2. The molecule has 0 N–H and O–H groups in total. The average Bonchev–Trinajstić information content (AvgIpc) is 2.83. The third-order valence-electron chi connectivity index (χ3n) is 5.55. The molecule has 2 unspecified atom stereocenters. The number of hydrogen-bond acceptors (Lipinski definition) is 4. The molecule has 4 rings (SSSR count). The van der Waals surface area contributed by atoms with Gasteiger partial charge in [0, 0.05) is 0 Å². The van der Waals surface area contributed by atoms with E-state index in [4.69, 9.17) is 18.9 Å². The minimum absolute atomic E-state index is 0.0824. The predicted octanol–water partition coefficient (Wildman–Crippen LogP) is 5.16. The molecule has 4 atom stereocenters. The molecule has 1 fully saturated rings. The molecule has 3 aromatic rings. The van der Waals surface area contributed by atoms with Crippen molar-refractivity contribution in [2.24, 2.45) is 0 Å². The topological polar surface area (TPSA) is 36.9 Å². The largest absolute Gasteiger partial charge is 0.373 e. The summed E-state index contributed by atoms with van der Waals surface area (Å²) in [5.41, 5.74) is 3.39. The van der Waals surface area contributed by atoms with Gasteiger partial charge in [0.1, 0.15) is 18.3 Å². The van der Waals surface area contributed by atoms with Crippen LogP contribution in [0.4, 0.5) is 0 Å². The first kappa shape index (κ1) is 21.7. The van der Waals surface area contributed by atoms with Crippen LogP contribution in [0.25, 0.3) is 0 Å². The zero-order valence-corrected chi connectivity index (χ0v) is 17.9. The summed E-state index contributed by atoms with van der Waals surface area (Å²) in [4.78, 5) is 0. The maximum Gasteiger partial charge on any atom is 0.115 e. The summed E-state index contributed by atoms with van der Waals surface area (Å²) >= 11 is 0. The van der Waals surface area contributed by atoms with Crippen molar-refractivity contribution in [1.29, 1.82) is 0 Å². The van der Waals surface area contributed by atoms with E-state index < -0.39 is 0 Å². The van der Waals surface area contributed by atoms with Gasteiger partial charge in [-0.25, -0.2) is 0 Å². The van der Waals surface area contributed by atoms with E-state index in [9.17, 15) is 0 Å². The number of hydrogen-bond donors (Lipinski definition) is 0. The van der Waals surface area contributed by atoms with Crippen LogP contribution in [0, 0.1) is 0 Å². The number of ether oxygens (including phenoxy) is 4. The van der Waals surface area contributed by atoms with E-state index in [0.717, 1.165) is 16.7 Å². The Kier molecular flexibility index (Phi) is 7.86. The Morgan fingerprint density at radius 1 is 0.613 bits per heavy atom. The van der Waals surface area contributed by atoms with Crippen LogP contribution in [-0.4, -0.2) is 31.0 Å². The van der Waals surface area contributed by atoms with Gasteiger partial charge in [0.25, 0.3) is 0 Å². The van der Waals surface area contributed by atoms with E-state index in [-0.39, 0.29) is 24.4 Å². The summed E-state index contributed by atoms with van der Waals surface area (Å²) in [6.45, 7) is 4.06. The van der Waals surface area contributed by atoms with Crippen molar-refractivity contribution in [3.8, 4) is 0 Å². The van der Waals surface area contributed by atoms with Crippen LogP contribution >= 0.6 is 0 Å². The van der Waals surface area contributed by atoms with Gasteiger partial charge in [-0.1, -0.05) is 91.0 Å². The van der Waals surface area contributed by atoms with Gasteiger partial charge < -0.3 is 18.9 Å². The van der Waals surface area contributed by atoms with Crippen LogP contribution in [0.5, 0.6) is 0 Å². The van der Waals surface area contributed by atoms with Crippen LogP contribution in [0.3, 0.4) is 0 Å². The molecule has 0 aromatic heterocycles. The highest BCUT2D eigenvalue weighted by Crippen LogP contribution is 2.26. The SMILES string of the molecule is CC1OC[C@@H](OCc2ccccc2)C(OCc2ccccc2)[C@@H]1OCc1ccccc1. The van der Waals surface area contributed by atoms with Gasteiger partial charge >= 0.3 is 0 Å². The fourth-order valence-corrected chi connectivity index (χ4v) is 3.80. The quantitative estimate of drug-likeness (QED) is 0.481. The monoisotopic (exact) mass is 418 g/mol. The standard InChI is InChI=1S/C27H30O4/c1-21-26(30-18-23-13-7-3-8-14-23)27(31-19-24-15-9-4-10-16-24)25(20-28-21)29-17-22-11-5-2-6-12-22/h2-16,21,25-27H,17-20H2,1H3/t21?,25-,26-,27?/m1/s1. The average molecular weight is 419 g/mol. The summed E-state index contributed by atoms with van der Waals surface area (Å²) in [7, 11) is 0. The molecule has 4 heteroatoms. The van der Waals surface area contributed by atoms with Crippen molar-refractivity contribution < 1.29 is 18.9 Å². The van der Waals surface area contributed by atoms with E-state index in [1.165, 1.54) is 0 Å². The fourth-order valence-electron chi connectivity index (χ4n) is 3.80. The van der Waals surface area contributed by atoms with Gasteiger partial charge in [-0.3, -0.25) is 0 Å². The van der Waals surface area contributed by atoms with Crippen molar-refractivity contribution in [3.05, 3.63) is 108 Å². The maximum absolute atomic E-state index is 6.41. The predicted molar refractivity (Wildman–Crippen MR) is 120 cm³/mol. The zero-order chi connectivity index (χ0) is 21.3. The van der Waals surface area contributed by atoms with E-state index in [1.54, 1.807) is 0 Å². The van der Waals surface area contributed by atoms with Crippen molar-refractivity contribution in [2.75, 3.05) is 6.61 Å². The molecular weight excluding hydrogens is 388 g/mol. The molecule has 1 aliphatic heterocycles. The molecule has 3 aromatic carbocycles. The molecule has 0 amide bonds. The highest BCUT2D eigenvalue weighted by molar-refractivity contribution is 5.15. The van der Waals surface area contributed by atoms with Gasteiger partial charge in [-0.2, -0.15) is 0 Å². The molecule has 1 heterocycles. The normalized spacial score (nSPS) is 23.5. The molecule has 162 valence electrons. The zero-order valence-electron chi connectivity index (χ0n) is 17.9. The van der Waals surface area contributed by atoms with Crippen LogP contribution < -0.4 is 0 Å². The Bertz CT molecular complexity index is 885. The van der Waals surface area contributed by atoms with E-state index in [2.05, 4.69) is 36.4 Å². The molecule has 4 nitrogen and oxygen atoms in total. The molecule has 31 heavy (non-hydrogen) atoms. The Morgan fingerprint density at radius 3 is 1.52 bits per heavy atom. The number of rotatable bonds is 9. The second-order valence-electron chi connectivity index (χ2n) is 7.90. The van der Waals surface area contributed by atoms with Gasteiger partial charge in [0.05, 0.1) is 32.5 Å². The van der Waals surface area contributed by atoms with E-state index in [0.29, 0.717) is 26.4 Å². The minimum Gasteiger partial charge on any atom is -0.373 e. The smallest absolute Gasteiger partial charge is 0.115 e. The van der Waals surface area contributed by atoms with Gasteiger partial charge in [-0.15, -0.1) is 0 Å². The lowest BCUT2D eigenvalue weighted by molar-refractivity contribution is -0.234. The third-order valence-corrected chi connectivity index (χ3v) is 5.55. The van der Waals surface area contributed by atoms with Crippen molar-refractivity contribution in [2.45, 2.75) is 51.2 Å². The summed E-state index contributed by atoms with van der Waals surface area (Å²) in [5.74, 6) is 0. The molecule has 0 aliphatic carbocycles. The molecular formula is C27H30O4. The molecule has 0 saturated carbocycles. The summed E-state index contributed by atoms with van der Waals surface area (Å²) in [5, 5.41) is 0. The molecule has 0 spiro atoms. The number of benzene rings is 3. The third kappa shape index (κ3) is 6.25.